The van der Waals surface area contributed by atoms with Crippen molar-refractivity contribution in [2.75, 3.05) is 33.1 Å². The largest absolute Gasteiger partial charge is 0.469 e. The highest BCUT2D eigenvalue weighted by Crippen LogP contribution is 2.17. The van der Waals surface area contributed by atoms with Crippen molar-refractivity contribution < 1.29 is 22.7 Å². The number of hydrogen-bond acceptors (Lipinski definition) is 6. The van der Waals surface area contributed by atoms with E-state index in [1.54, 1.807) is 7.05 Å². The van der Waals surface area contributed by atoms with Crippen LogP contribution in [-0.4, -0.2) is 58.8 Å². The molecule has 1 aliphatic heterocycles. The van der Waals surface area contributed by atoms with E-state index in [1.807, 2.05) is 0 Å². The number of methoxy groups -OCH3 is 1. The van der Waals surface area contributed by atoms with Gasteiger partial charge in [0.15, 0.2) is 9.84 Å². The summed E-state index contributed by atoms with van der Waals surface area (Å²) in [6.45, 7) is 0.754. The van der Waals surface area contributed by atoms with Crippen LogP contribution >= 0.6 is 0 Å². The first-order valence-electron chi connectivity index (χ1n) is 5.54. The second-order valence-electron chi connectivity index (χ2n) is 3.99. The minimum Gasteiger partial charge on any atom is -0.469 e. The molecular formula is C10H19NO5S. The molecule has 0 spiro atoms. The molecule has 100 valence electrons. The molecule has 7 heteroatoms. The molecular weight excluding hydrogens is 246 g/mol. The van der Waals surface area contributed by atoms with Gasteiger partial charge in [-0.3, -0.25) is 4.79 Å². The molecule has 0 amide bonds. The third-order valence-electron chi connectivity index (χ3n) is 2.95. The van der Waals surface area contributed by atoms with Gasteiger partial charge < -0.3 is 14.8 Å². The third kappa shape index (κ3) is 3.93. The zero-order chi connectivity index (χ0) is 12.9. The summed E-state index contributed by atoms with van der Waals surface area (Å²) in [6.07, 6.45) is 0.560. The van der Waals surface area contributed by atoms with Gasteiger partial charge in [-0.2, -0.15) is 0 Å². The SMILES string of the molecule is CNC1CCOCC1S(=O)(=O)CCC(=O)OC. The highest BCUT2D eigenvalue weighted by Gasteiger charge is 2.35. The quantitative estimate of drug-likeness (QED) is 0.665. The van der Waals surface area contributed by atoms with Crippen molar-refractivity contribution in [1.29, 1.82) is 0 Å². The molecule has 0 aromatic carbocycles. The average Bonchev–Trinajstić information content (AvgIpc) is 2.35. The van der Waals surface area contributed by atoms with Gasteiger partial charge in [-0.05, 0) is 13.5 Å². The average molecular weight is 265 g/mol. The summed E-state index contributed by atoms with van der Waals surface area (Å²) >= 11 is 0. The Morgan fingerprint density at radius 3 is 2.82 bits per heavy atom. The molecule has 0 aromatic rings. The highest BCUT2D eigenvalue weighted by atomic mass is 32.2. The maximum Gasteiger partial charge on any atom is 0.306 e. The number of carbonyl (C=O) groups is 1. The Labute approximate surface area is 102 Å². The molecule has 0 radical (unpaired) electrons. The Balaban J connectivity index is 2.64. The highest BCUT2D eigenvalue weighted by molar-refractivity contribution is 7.92. The van der Waals surface area contributed by atoms with Crippen molar-refractivity contribution >= 4 is 15.8 Å². The van der Waals surface area contributed by atoms with Gasteiger partial charge in [0.25, 0.3) is 0 Å². The summed E-state index contributed by atoms with van der Waals surface area (Å²) in [7, 11) is -0.358. The number of nitrogens with one attached hydrogen (secondary N) is 1. The Hall–Kier alpha value is -0.660. The summed E-state index contributed by atoms with van der Waals surface area (Å²) in [5, 5.41) is 2.41. The topological polar surface area (TPSA) is 81.7 Å². The molecule has 1 aliphatic rings. The fraction of sp³-hybridized carbons (Fsp3) is 0.900. The van der Waals surface area contributed by atoms with E-state index in [9.17, 15) is 13.2 Å². The van der Waals surface area contributed by atoms with Crippen molar-refractivity contribution in [1.82, 2.24) is 5.32 Å². The number of carbonyl (C=O) groups excluding carboxylic acids is 1. The molecule has 17 heavy (non-hydrogen) atoms. The van der Waals surface area contributed by atoms with Gasteiger partial charge in [0, 0.05) is 12.6 Å². The lowest BCUT2D eigenvalue weighted by molar-refractivity contribution is -0.140. The molecule has 6 nitrogen and oxygen atoms in total. The molecule has 0 aliphatic carbocycles. The van der Waals surface area contributed by atoms with Gasteiger partial charge in [0.05, 0.1) is 31.1 Å². The zero-order valence-corrected chi connectivity index (χ0v) is 11.0. The molecule has 2 unspecified atom stereocenters. The molecule has 0 aromatic heterocycles. The number of rotatable bonds is 5. The molecule has 1 rings (SSSR count). The van der Waals surface area contributed by atoms with Crippen molar-refractivity contribution in [2.24, 2.45) is 0 Å². The van der Waals surface area contributed by atoms with E-state index in [0.29, 0.717) is 13.0 Å². The van der Waals surface area contributed by atoms with E-state index >= 15 is 0 Å². The molecule has 1 N–H and O–H groups in total. The Bertz CT molecular complexity index is 354. The molecule has 1 fully saturated rings. The van der Waals surface area contributed by atoms with E-state index in [4.69, 9.17) is 4.74 Å². The number of sulfone groups is 1. The predicted molar refractivity (Wildman–Crippen MR) is 62.5 cm³/mol. The smallest absolute Gasteiger partial charge is 0.306 e. The van der Waals surface area contributed by atoms with Crippen LogP contribution in [0.2, 0.25) is 0 Å². The Morgan fingerprint density at radius 2 is 2.24 bits per heavy atom. The minimum absolute atomic E-state index is 0.105. The first-order chi connectivity index (χ1) is 8.01. The van der Waals surface area contributed by atoms with Crippen LogP contribution in [0.15, 0.2) is 0 Å². The molecule has 1 heterocycles. The maximum absolute atomic E-state index is 12.0. The molecule has 2 atom stereocenters. The van der Waals surface area contributed by atoms with Gasteiger partial charge in [-0.15, -0.1) is 0 Å². The van der Waals surface area contributed by atoms with Gasteiger partial charge >= 0.3 is 5.97 Å². The summed E-state index contributed by atoms with van der Waals surface area (Å²) in [5.74, 6) is -0.697. The van der Waals surface area contributed by atoms with Gasteiger partial charge in [-0.25, -0.2) is 8.42 Å². The van der Waals surface area contributed by atoms with Crippen molar-refractivity contribution in [2.45, 2.75) is 24.1 Å². The van der Waals surface area contributed by atoms with Crippen LogP contribution in [0, 0.1) is 0 Å². The second kappa shape index (κ2) is 6.32. The monoisotopic (exact) mass is 265 g/mol. The fourth-order valence-electron chi connectivity index (χ4n) is 1.88. The first-order valence-corrected chi connectivity index (χ1v) is 7.26. The van der Waals surface area contributed by atoms with Gasteiger partial charge in [0.1, 0.15) is 0 Å². The first kappa shape index (κ1) is 14.4. The van der Waals surface area contributed by atoms with Crippen LogP contribution in [0.1, 0.15) is 12.8 Å². The Morgan fingerprint density at radius 1 is 1.53 bits per heavy atom. The van der Waals surface area contributed by atoms with Crippen LogP contribution in [0.5, 0.6) is 0 Å². The van der Waals surface area contributed by atoms with E-state index < -0.39 is 21.1 Å². The molecule has 0 saturated carbocycles. The standard InChI is InChI=1S/C10H19NO5S/c1-11-8-3-5-16-7-9(8)17(13,14)6-4-10(12)15-2/h8-9,11H,3-7H2,1-2H3. The summed E-state index contributed by atoms with van der Waals surface area (Å²) in [6, 6.07) is -0.105. The Kier molecular flexibility index (Phi) is 5.35. The van der Waals surface area contributed by atoms with E-state index in [1.165, 1.54) is 7.11 Å². The van der Waals surface area contributed by atoms with Crippen molar-refractivity contribution in [3.63, 3.8) is 0 Å². The number of hydrogen-bond donors (Lipinski definition) is 1. The molecule has 1 saturated heterocycles. The summed E-state index contributed by atoms with van der Waals surface area (Å²) in [5.41, 5.74) is 0. The van der Waals surface area contributed by atoms with Crippen LogP contribution < -0.4 is 5.32 Å². The lowest BCUT2D eigenvalue weighted by Gasteiger charge is -2.30. The second-order valence-corrected chi connectivity index (χ2v) is 6.33. The van der Waals surface area contributed by atoms with Crippen LogP contribution in [0.25, 0.3) is 0 Å². The number of ether oxygens (including phenoxy) is 2. The zero-order valence-electron chi connectivity index (χ0n) is 10.1. The lowest BCUT2D eigenvalue weighted by Crippen LogP contribution is -2.50. The van der Waals surface area contributed by atoms with Crippen LogP contribution in [0.4, 0.5) is 0 Å². The lowest BCUT2D eigenvalue weighted by atomic mass is 10.1. The normalized spacial score (nSPS) is 25.5. The van der Waals surface area contributed by atoms with E-state index in [2.05, 4.69) is 10.1 Å². The van der Waals surface area contributed by atoms with Crippen LogP contribution in [-0.2, 0) is 24.1 Å². The molecule has 0 bridgehead atoms. The fourth-order valence-corrected chi connectivity index (χ4v) is 3.71. The van der Waals surface area contributed by atoms with Gasteiger partial charge in [-0.1, -0.05) is 0 Å². The summed E-state index contributed by atoms with van der Waals surface area (Å²) in [4.78, 5) is 11.0. The van der Waals surface area contributed by atoms with Gasteiger partial charge in [0.2, 0.25) is 0 Å². The van der Waals surface area contributed by atoms with Crippen LogP contribution in [0.3, 0.4) is 0 Å². The summed E-state index contributed by atoms with van der Waals surface area (Å²) < 4.78 is 33.7. The minimum atomic E-state index is -3.34. The van der Waals surface area contributed by atoms with Crippen molar-refractivity contribution in [3.8, 4) is 0 Å². The number of esters is 1. The van der Waals surface area contributed by atoms with Crippen molar-refractivity contribution in [3.05, 3.63) is 0 Å². The predicted octanol–water partition coefficient (Wildman–Crippen LogP) is -0.659. The van der Waals surface area contributed by atoms with E-state index in [-0.39, 0.29) is 24.8 Å². The van der Waals surface area contributed by atoms with E-state index in [0.717, 1.165) is 0 Å². The maximum atomic E-state index is 12.0. The third-order valence-corrected chi connectivity index (χ3v) is 5.11.